The van der Waals surface area contributed by atoms with Crippen molar-refractivity contribution in [2.75, 3.05) is 13.2 Å². The number of ether oxygens (including phenoxy) is 3. The zero-order chi connectivity index (χ0) is 43.7. The highest BCUT2D eigenvalue weighted by molar-refractivity contribution is 5.71. The summed E-state index contributed by atoms with van der Waals surface area (Å²) in [7, 11) is 0. The molecule has 1 atom stereocenters. The summed E-state index contributed by atoms with van der Waals surface area (Å²) in [5.41, 5.74) is 0. The predicted octanol–water partition coefficient (Wildman–Crippen LogP) is 16.0. The van der Waals surface area contributed by atoms with Crippen LogP contribution in [0.4, 0.5) is 0 Å². The van der Waals surface area contributed by atoms with E-state index in [9.17, 15) is 14.4 Å². The lowest BCUT2D eigenvalue weighted by molar-refractivity contribution is -0.167. The molecule has 0 bridgehead atoms. The Labute approximate surface area is 369 Å². The van der Waals surface area contributed by atoms with Gasteiger partial charge in [-0.25, -0.2) is 0 Å². The maximum atomic E-state index is 12.8. The van der Waals surface area contributed by atoms with Gasteiger partial charge in [0.05, 0.1) is 0 Å². The quantitative estimate of drug-likeness (QED) is 0.0200. The Kier molecular flexibility index (Phi) is 45.5. The number of allylic oxidation sites excluding steroid dienone is 14. The van der Waals surface area contributed by atoms with Gasteiger partial charge in [-0.1, -0.05) is 189 Å². The molecular weight excluding hydrogens is 745 g/mol. The predicted molar refractivity (Wildman–Crippen MR) is 256 cm³/mol. The number of esters is 3. The first-order chi connectivity index (χ1) is 29.5. The van der Waals surface area contributed by atoms with E-state index >= 15 is 0 Å². The molecule has 0 aromatic carbocycles. The van der Waals surface area contributed by atoms with Crippen LogP contribution in [-0.2, 0) is 28.6 Å². The Morgan fingerprint density at radius 1 is 0.367 bits per heavy atom. The van der Waals surface area contributed by atoms with Gasteiger partial charge in [-0.2, -0.15) is 0 Å². The topological polar surface area (TPSA) is 78.9 Å². The molecular formula is C54H90O6. The van der Waals surface area contributed by atoms with E-state index in [1.165, 1.54) is 89.9 Å². The molecule has 342 valence electrons. The lowest BCUT2D eigenvalue weighted by Crippen LogP contribution is -2.30. The highest BCUT2D eigenvalue weighted by atomic mass is 16.6. The average Bonchev–Trinajstić information content (AvgIpc) is 3.24. The van der Waals surface area contributed by atoms with Gasteiger partial charge in [0, 0.05) is 19.3 Å². The Morgan fingerprint density at radius 2 is 0.733 bits per heavy atom. The van der Waals surface area contributed by atoms with E-state index in [1.807, 2.05) is 0 Å². The maximum Gasteiger partial charge on any atom is 0.306 e. The SMILES string of the molecule is CC\C=C/C=C\C=C/CCCCCCCCCC(=O)OCC(COC(=O)CCCC/C=C\C/C=C\C/C=C\CC)OC(=O)CCCCCCCCC/C=C\CCCCCC. The van der Waals surface area contributed by atoms with Crippen molar-refractivity contribution in [2.45, 2.75) is 226 Å². The van der Waals surface area contributed by atoms with Crippen LogP contribution in [0.15, 0.2) is 85.1 Å². The highest BCUT2D eigenvalue weighted by Crippen LogP contribution is 2.14. The fourth-order valence-electron chi connectivity index (χ4n) is 6.51. The van der Waals surface area contributed by atoms with Crippen LogP contribution in [0, 0.1) is 0 Å². The minimum atomic E-state index is -0.798. The van der Waals surface area contributed by atoms with Crippen molar-refractivity contribution in [1.82, 2.24) is 0 Å². The summed E-state index contributed by atoms with van der Waals surface area (Å²) in [4.78, 5) is 37.9. The van der Waals surface area contributed by atoms with Crippen LogP contribution in [0.5, 0.6) is 0 Å². The van der Waals surface area contributed by atoms with Crippen LogP contribution >= 0.6 is 0 Å². The average molecular weight is 835 g/mol. The summed E-state index contributed by atoms with van der Waals surface area (Å²) in [6, 6.07) is 0. The number of carbonyl (C=O) groups excluding carboxylic acids is 3. The van der Waals surface area contributed by atoms with E-state index < -0.39 is 6.10 Å². The summed E-state index contributed by atoms with van der Waals surface area (Å²) < 4.78 is 16.7. The molecule has 6 heteroatoms. The fraction of sp³-hybridized carbons (Fsp3) is 0.685. The van der Waals surface area contributed by atoms with E-state index in [2.05, 4.69) is 106 Å². The Balaban J connectivity index is 4.45. The van der Waals surface area contributed by atoms with Gasteiger partial charge in [0.2, 0.25) is 0 Å². The van der Waals surface area contributed by atoms with Crippen molar-refractivity contribution < 1.29 is 28.6 Å². The van der Waals surface area contributed by atoms with E-state index in [1.54, 1.807) is 0 Å². The summed E-state index contributed by atoms with van der Waals surface area (Å²) >= 11 is 0. The number of hydrogen-bond acceptors (Lipinski definition) is 6. The van der Waals surface area contributed by atoms with Gasteiger partial charge in [0.25, 0.3) is 0 Å². The molecule has 0 heterocycles. The van der Waals surface area contributed by atoms with Crippen LogP contribution in [0.2, 0.25) is 0 Å². The molecule has 0 saturated carbocycles. The Morgan fingerprint density at radius 3 is 1.25 bits per heavy atom. The van der Waals surface area contributed by atoms with Gasteiger partial charge < -0.3 is 14.2 Å². The van der Waals surface area contributed by atoms with Crippen molar-refractivity contribution in [3.63, 3.8) is 0 Å². The third-order valence-electron chi connectivity index (χ3n) is 10.2. The fourth-order valence-corrected chi connectivity index (χ4v) is 6.51. The van der Waals surface area contributed by atoms with Gasteiger partial charge in [0.1, 0.15) is 13.2 Å². The van der Waals surface area contributed by atoms with Crippen molar-refractivity contribution in [3.05, 3.63) is 85.1 Å². The zero-order valence-electron chi connectivity index (χ0n) is 38.9. The van der Waals surface area contributed by atoms with Crippen LogP contribution in [0.3, 0.4) is 0 Å². The molecule has 0 aromatic heterocycles. The number of unbranched alkanes of at least 4 members (excludes halogenated alkanes) is 20. The summed E-state index contributed by atoms with van der Waals surface area (Å²) in [6.07, 6.45) is 61.4. The van der Waals surface area contributed by atoms with Crippen molar-refractivity contribution in [3.8, 4) is 0 Å². The van der Waals surface area contributed by atoms with Gasteiger partial charge in [-0.3, -0.25) is 14.4 Å². The van der Waals surface area contributed by atoms with E-state index in [4.69, 9.17) is 14.2 Å². The van der Waals surface area contributed by atoms with Gasteiger partial charge in [0.15, 0.2) is 6.10 Å². The largest absolute Gasteiger partial charge is 0.462 e. The molecule has 0 spiro atoms. The number of rotatable bonds is 43. The molecule has 0 saturated heterocycles. The van der Waals surface area contributed by atoms with E-state index in [-0.39, 0.29) is 31.1 Å². The van der Waals surface area contributed by atoms with Crippen LogP contribution in [-0.4, -0.2) is 37.2 Å². The van der Waals surface area contributed by atoms with E-state index in [0.29, 0.717) is 19.3 Å². The van der Waals surface area contributed by atoms with Crippen LogP contribution < -0.4 is 0 Å². The van der Waals surface area contributed by atoms with Gasteiger partial charge >= 0.3 is 17.9 Å². The standard InChI is InChI=1S/C54H90O6/c1-4-7-10-13-16-19-22-25-27-29-32-35-38-41-44-47-53(56)59-50-51(49-58-52(55)46-43-40-37-34-31-24-21-18-15-12-9-6-3)60-54(57)48-45-42-39-36-33-30-28-26-23-20-17-14-11-8-5-2/h7,9-10,12-13,16,18-23,31,34,51H,4-6,8,11,14-15,17,24-30,32-33,35-50H2,1-3H3/b10-7-,12-9-,16-13-,21-18-,22-19-,23-20-,34-31-. The summed E-state index contributed by atoms with van der Waals surface area (Å²) in [5, 5.41) is 0. The van der Waals surface area contributed by atoms with E-state index in [0.717, 1.165) is 89.9 Å². The lowest BCUT2D eigenvalue weighted by Gasteiger charge is -2.18. The lowest BCUT2D eigenvalue weighted by atomic mass is 10.1. The monoisotopic (exact) mass is 835 g/mol. The first kappa shape index (κ1) is 56.6. The molecule has 0 N–H and O–H groups in total. The first-order valence-corrected chi connectivity index (χ1v) is 24.6. The van der Waals surface area contributed by atoms with Crippen molar-refractivity contribution in [2.24, 2.45) is 0 Å². The molecule has 0 aromatic rings. The molecule has 6 nitrogen and oxygen atoms in total. The highest BCUT2D eigenvalue weighted by Gasteiger charge is 2.19. The van der Waals surface area contributed by atoms with Crippen LogP contribution in [0.25, 0.3) is 0 Å². The molecule has 0 radical (unpaired) electrons. The zero-order valence-corrected chi connectivity index (χ0v) is 38.9. The molecule has 0 aliphatic heterocycles. The minimum Gasteiger partial charge on any atom is -0.462 e. The van der Waals surface area contributed by atoms with Crippen molar-refractivity contribution in [1.29, 1.82) is 0 Å². The molecule has 0 amide bonds. The second-order valence-electron chi connectivity index (χ2n) is 16.0. The van der Waals surface area contributed by atoms with Crippen molar-refractivity contribution >= 4 is 17.9 Å². The molecule has 60 heavy (non-hydrogen) atoms. The number of carbonyl (C=O) groups is 3. The summed E-state index contributed by atoms with van der Waals surface area (Å²) in [5.74, 6) is -0.957. The molecule has 0 aliphatic rings. The maximum absolute atomic E-state index is 12.8. The smallest absolute Gasteiger partial charge is 0.306 e. The second-order valence-corrected chi connectivity index (χ2v) is 16.0. The second kappa shape index (κ2) is 48.3. The number of hydrogen-bond donors (Lipinski definition) is 0. The molecule has 0 aliphatic carbocycles. The Hall–Kier alpha value is -3.41. The molecule has 0 rings (SSSR count). The minimum absolute atomic E-state index is 0.0975. The van der Waals surface area contributed by atoms with Crippen LogP contribution in [0.1, 0.15) is 220 Å². The first-order valence-electron chi connectivity index (χ1n) is 24.6. The summed E-state index contributed by atoms with van der Waals surface area (Å²) in [6.45, 7) is 6.32. The van der Waals surface area contributed by atoms with Gasteiger partial charge in [-0.15, -0.1) is 0 Å². The van der Waals surface area contributed by atoms with Gasteiger partial charge in [-0.05, 0) is 96.3 Å². The molecule has 0 fully saturated rings. The normalized spacial score (nSPS) is 12.8. The third kappa shape index (κ3) is 45.7. The Bertz CT molecular complexity index is 1190. The molecule has 1 unspecified atom stereocenters. The third-order valence-corrected chi connectivity index (χ3v) is 10.2.